The van der Waals surface area contributed by atoms with Gasteiger partial charge in [0.25, 0.3) is 0 Å². The zero-order valence-electron chi connectivity index (χ0n) is 14.3. The van der Waals surface area contributed by atoms with Crippen LogP contribution >= 0.6 is 0 Å². The van der Waals surface area contributed by atoms with E-state index in [4.69, 9.17) is 5.26 Å². The topological polar surface area (TPSA) is 91.2 Å². The average molecular weight is 368 g/mol. The molecular formula is C19H20N4O2S. The molecule has 7 heteroatoms. The van der Waals surface area contributed by atoms with Gasteiger partial charge in [-0.15, -0.1) is 4.72 Å². The van der Waals surface area contributed by atoms with Crippen LogP contribution in [0, 0.1) is 11.3 Å². The van der Waals surface area contributed by atoms with E-state index in [1.54, 1.807) is 12.1 Å². The Balaban J connectivity index is 1.52. The van der Waals surface area contributed by atoms with Crippen LogP contribution in [-0.2, 0) is 21.2 Å². The number of likely N-dealkylation sites (tertiary alicyclic amines) is 1. The Hall–Kier alpha value is -2.24. The first-order chi connectivity index (χ1) is 12.5. The molecule has 1 fully saturated rings. The molecule has 0 aromatic heterocycles. The van der Waals surface area contributed by atoms with Crippen LogP contribution in [0.1, 0.15) is 17.5 Å². The van der Waals surface area contributed by atoms with Crippen molar-refractivity contribution in [3.8, 4) is 6.07 Å². The number of nitrogens with one attached hydrogen (secondary N) is 2. The van der Waals surface area contributed by atoms with E-state index >= 15 is 0 Å². The third-order valence-corrected chi connectivity index (χ3v) is 6.56. The number of hydrogen-bond donors (Lipinski definition) is 2. The summed E-state index contributed by atoms with van der Waals surface area (Å²) < 4.78 is 27.7. The van der Waals surface area contributed by atoms with Crippen molar-refractivity contribution in [2.75, 3.05) is 25.0 Å². The predicted molar refractivity (Wildman–Crippen MR) is 98.9 cm³/mol. The number of nitrogens with zero attached hydrogens (tertiary/aromatic N) is 2. The Kier molecular flexibility index (Phi) is 4.29. The van der Waals surface area contributed by atoms with Gasteiger partial charge in [-0.3, -0.25) is 4.90 Å². The first kappa shape index (κ1) is 17.2. The zero-order chi connectivity index (χ0) is 18.2. The summed E-state index contributed by atoms with van der Waals surface area (Å²) in [5, 5.41) is 12.4. The molecule has 6 nitrogen and oxygen atoms in total. The second-order valence-corrected chi connectivity index (χ2v) is 8.73. The predicted octanol–water partition coefficient (Wildman–Crippen LogP) is 2.12. The lowest BCUT2D eigenvalue weighted by Crippen LogP contribution is -2.49. The molecule has 1 spiro atoms. The van der Waals surface area contributed by atoms with Crippen LogP contribution in [0.15, 0.2) is 53.4 Å². The van der Waals surface area contributed by atoms with Crippen molar-refractivity contribution in [3.63, 3.8) is 0 Å². The standard InChI is InChI=1S/C19H20N4O2S/c20-11-15-5-7-16(8-6-15)12-23-10-9-19(14-23)13-21-26(24,25)18-4-2-1-3-17(18)22-19/h1-8,22H,9-10,12-14H2,(H-,21,24,25). The maximum atomic E-state index is 12.5. The lowest BCUT2D eigenvalue weighted by molar-refractivity contribution is 0.310. The highest BCUT2D eigenvalue weighted by molar-refractivity contribution is 7.96. The molecule has 2 aliphatic rings. The van der Waals surface area contributed by atoms with Gasteiger partial charge < -0.3 is 9.87 Å². The highest BCUT2D eigenvalue weighted by Gasteiger charge is 2.43. The van der Waals surface area contributed by atoms with E-state index < -0.39 is 10.4 Å². The monoisotopic (exact) mass is 368 g/mol. The molecule has 2 N–H and O–H groups in total. The van der Waals surface area contributed by atoms with Gasteiger partial charge in [0.05, 0.1) is 29.4 Å². The normalized spacial score (nSPS) is 28.2. The molecule has 2 atom stereocenters. The van der Waals surface area contributed by atoms with E-state index in [0.717, 1.165) is 31.6 Å². The summed E-state index contributed by atoms with van der Waals surface area (Å²) in [6.07, 6.45) is 0.861. The summed E-state index contributed by atoms with van der Waals surface area (Å²) in [5.41, 5.74) is 2.16. The Morgan fingerprint density at radius 2 is 2.00 bits per heavy atom. The summed E-state index contributed by atoms with van der Waals surface area (Å²) in [5.74, 6) is 0. The van der Waals surface area contributed by atoms with Gasteiger partial charge in [-0.1, -0.05) is 28.5 Å². The SMILES string of the molecule is N#Cc1ccc(CN2CCC3(CN[S+](=O)([O-])c4ccccc4N3)C2)cc1. The molecule has 0 bridgehead atoms. The van der Waals surface area contributed by atoms with Crippen molar-refractivity contribution in [2.24, 2.45) is 0 Å². The number of anilines is 1. The number of para-hydroxylation sites is 1. The van der Waals surface area contributed by atoms with Crippen molar-refractivity contribution >= 4 is 16.1 Å². The third kappa shape index (κ3) is 3.24. The van der Waals surface area contributed by atoms with Crippen LogP contribution in [0.4, 0.5) is 5.69 Å². The number of sulfonamides is 1. The van der Waals surface area contributed by atoms with Gasteiger partial charge in [0, 0.05) is 19.6 Å². The summed E-state index contributed by atoms with van der Waals surface area (Å²) in [7, 11) is -3.49. The Labute approximate surface area is 154 Å². The molecule has 0 aliphatic carbocycles. The van der Waals surface area contributed by atoms with E-state index in [0.29, 0.717) is 22.7 Å². The molecule has 0 amide bonds. The van der Waals surface area contributed by atoms with Gasteiger partial charge in [0.15, 0.2) is 15.3 Å². The number of fused-ring (bicyclic) bond motifs is 1. The molecule has 0 saturated carbocycles. The summed E-state index contributed by atoms with van der Waals surface area (Å²) >= 11 is 0. The summed E-state index contributed by atoms with van der Waals surface area (Å²) in [6, 6.07) is 16.8. The van der Waals surface area contributed by atoms with E-state index in [2.05, 4.69) is 21.0 Å². The number of rotatable bonds is 2. The van der Waals surface area contributed by atoms with Crippen molar-refractivity contribution in [3.05, 3.63) is 59.7 Å². The van der Waals surface area contributed by atoms with Crippen molar-refractivity contribution in [1.82, 2.24) is 9.62 Å². The highest BCUT2D eigenvalue weighted by atomic mass is 32.3. The molecule has 2 aromatic rings. The maximum absolute atomic E-state index is 12.5. The van der Waals surface area contributed by atoms with Gasteiger partial charge in [0.2, 0.25) is 0 Å². The smallest absolute Gasteiger partial charge is 0.198 e. The molecular weight excluding hydrogens is 348 g/mol. The van der Waals surface area contributed by atoms with Crippen LogP contribution in [0.5, 0.6) is 0 Å². The fraction of sp³-hybridized carbons (Fsp3) is 0.316. The zero-order valence-corrected chi connectivity index (χ0v) is 15.1. The fourth-order valence-corrected chi connectivity index (χ4v) is 5.02. The van der Waals surface area contributed by atoms with Crippen LogP contribution in [-0.4, -0.2) is 34.6 Å². The molecule has 2 unspecified atom stereocenters. The third-order valence-electron chi connectivity index (χ3n) is 5.10. The van der Waals surface area contributed by atoms with Crippen LogP contribution in [0.3, 0.4) is 0 Å². The first-order valence-corrected chi connectivity index (χ1v) is 10.1. The number of benzene rings is 2. The molecule has 4 rings (SSSR count). The molecule has 134 valence electrons. The van der Waals surface area contributed by atoms with Gasteiger partial charge in [-0.2, -0.15) is 5.26 Å². The van der Waals surface area contributed by atoms with Crippen LogP contribution in [0.2, 0.25) is 0 Å². The second kappa shape index (κ2) is 6.49. The minimum absolute atomic E-state index is 0.308. The summed E-state index contributed by atoms with van der Waals surface area (Å²) in [4.78, 5) is 2.62. The minimum Gasteiger partial charge on any atom is -0.593 e. The second-order valence-electron chi connectivity index (χ2n) is 7.00. The van der Waals surface area contributed by atoms with Gasteiger partial charge in [-0.25, -0.2) is 0 Å². The van der Waals surface area contributed by atoms with Crippen molar-refractivity contribution in [2.45, 2.75) is 23.4 Å². The van der Waals surface area contributed by atoms with E-state index in [1.165, 1.54) is 0 Å². The van der Waals surface area contributed by atoms with E-state index in [1.807, 2.05) is 36.4 Å². The van der Waals surface area contributed by atoms with Gasteiger partial charge in [0.1, 0.15) is 0 Å². The maximum Gasteiger partial charge on any atom is 0.198 e. The highest BCUT2D eigenvalue weighted by Crippen LogP contribution is 2.34. The van der Waals surface area contributed by atoms with Crippen LogP contribution in [0.25, 0.3) is 0 Å². The fourth-order valence-electron chi connectivity index (χ4n) is 3.73. The Bertz CT molecular complexity index is 909. The molecule has 0 radical (unpaired) electrons. The summed E-state index contributed by atoms with van der Waals surface area (Å²) in [6.45, 7) is 2.79. The molecule has 26 heavy (non-hydrogen) atoms. The van der Waals surface area contributed by atoms with Crippen molar-refractivity contribution in [1.29, 1.82) is 5.26 Å². The number of hydrogen-bond acceptors (Lipinski definition) is 5. The van der Waals surface area contributed by atoms with Crippen molar-refractivity contribution < 1.29 is 8.76 Å². The molecule has 2 aliphatic heterocycles. The number of nitriles is 1. The molecule has 2 aromatic carbocycles. The minimum atomic E-state index is -3.49. The van der Waals surface area contributed by atoms with Gasteiger partial charge in [-0.05, 0) is 36.2 Å². The average Bonchev–Trinajstić information content (AvgIpc) is 2.99. The molecule has 1 saturated heterocycles. The van der Waals surface area contributed by atoms with Gasteiger partial charge >= 0.3 is 0 Å². The quantitative estimate of drug-likeness (QED) is 0.793. The Morgan fingerprint density at radius 3 is 2.77 bits per heavy atom. The lowest BCUT2D eigenvalue weighted by atomic mass is 9.98. The Morgan fingerprint density at radius 1 is 1.23 bits per heavy atom. The van der Waals surface area contributed by atoms with Crippen LogP contribution < -0.4 is 10.0 Å². The van der Waals surface area contributed by atoms with E-state index in [-0.39, 0.29) is 5.54 Å². The van der Waals surface area contributed by atoms with E-state index in [9.17, 15) is 8.76 Å². The lowest BCUT2D eigenvalue weighted by Gasteiger charge is -2.29. The first-order valence-electron chi connectivity index (χ1n) is 8.58. The molecule has 2 heterocycles. The largest absolute Gasteiger partial charge is 0.593 e.